The molecule has 0 bridgehead atoms. The van der Waals surface area contributed by atoms with Gasteiger partial charge >= 0.3 is 0 Å². The lowest BCUT2D eigenvalue weighted by molar-refractivity contribution is 0.216. The Bertz CT molecular complexity index is 844. The summed E-state index contributed by atoms with van der Waals surface area (Å²) in [6, 6.07) is 16.8. The van der Waals surface area contributed by atoms with Gasteiger partial charge in [-0.25, -0.2) is 4.99 Å². The van der Waals surface area contributed by atoms with Gasteiger partial charge in [0.25, 0.3) is 0 Å². The molecular weight excluding hydrogens is 393 g/mol. The Labute approximate surface area is 179 Å². The molecule has 0 saturated carbocycles. The van der Waals surface area contributed by atoms with Crippen LogP contribution in [0.1, 0.15) is 11.1 Å². The van der Waals surface area contributed by atoms with Crippen LogP contribution in [0.4, 0.5) is 5.69 Å². The predicted octanol–water partition coefficient (Wildman–Crippen LogP) is 4.46. The highest BCUT2D eigenvalue weighted by molar-refractivity contribution is 6.23. The third-order valence-electron chi connectivity index (χ3n) is 5.17. The molecule has 1 saturated heterocycles. The van der Waals surface area contributed by atoms with Crippen molar-refractivity contribution in [2.24, 2.45) is 4.99 Å². The zero-order chi connectivity index (χ0) is 17.9. The molecule has 0 N–H and O–H groups in total. The predicted molar refractivity (Wildman–Crippen MR) is 122 cm³/mol. The number of piperazine rings is 1. The van der Waals surface area contributed by atoms with E-state index in [-0.39, 0.29) is 24.8 Å². The normalized spacial score (nSPS) is 16.6. The van der Waals surface area contributed by atoms with E-state index in [2.05, 4.69) is 65.4 Å². The lowest BCUT2D eigenvalue weighted by Crippen LogP contribution is -2.47. The first-order valence-corrected chi connectivity index (χ1v) is 9.19. The van der Waals surface area contributed by atoms with Crippen molar-refractivity contribution in [3.05, 3.63) is 65.7 Å². The van der Waals surface area contributed by atoms with Crippen molar-refractivity contribution in [3.63, 3.8) is 0 Å². The number of likely N-dealkylation sites (N-methyl/N-ethyl adjacent to an activating group) is 1. The molecule has 0 spiro atoms. The van der Waals surface area contributed by atoms with Crippen molar-refractivity contribution in [1.82, 2.24) is 9.80 Å². The largest absolute Gasteiger partial charge is 0.497 e. The lowest BCUT2D eigenvalue weighted by Gasteiger charge is -2.35. The van der Waals surface area contributed by atoms with Crippen molar-refractivity contribution in [1.29, 1.82) is 0 Å². The molecule has 28 heavy (non-hydrogen) atoms. The zero-order valence-electron chi connectivity index (χ0n) is 16.3. The maximum atomic E-state index is 5.40. The van der Waals surface area contributed by atoms with Crippen molar-refractivity contribution >= 4 is 41.9 Å². The fraction of sp³-hybridized carbons (Fsp3) is 0.318. The number of amidine groups is 1. The second-order valence-electron chi connectivity index (χ2n) is 6.91. The fourth-order valence-corrected chi connectivity index (χ4v) is 3.56. The van der Waals surface area contributed by atoms with E-state index in [0.717, 1.165) is 49.9 Å². The number of hydrogen-bond donors (Lipinski definition) is 0. The van der Waals surface area contributed by atoms with Crippen LogP contribution in [0.5, 0.6) is 5.75 Å². The van der Waals surface area contributed by atoms with Gasteiger partial charge in [-0.15, -0.1) is 24.8 Å². The molecule has 6 heteroatoms. The van der Waals surface area contributed by atoms with E-state index < -0.39 is 0 Å². The maximum absolute atomic E-state index is 5.40. The van der Waals surface area contributed by atoms with Crippen LogP contribution in [0, 0.1) is 0 Å². The van der Waals surface area contributed by atoms with Crippen molar-refractivity contribution in [2.45, 2.75) is 6.42 Å². The molecule has 150 valence electrons. The number of hydrogen-bond acceptors (Lipinski definition) is 4. The second kappa shape index (κ2) is 9.97. The van der Waals surface area contributed by atoms with Gasteiger partial charge in [-0.05, 0) is 42.8 Å². The van der Waals surface area contributed by atoms with Gasteiger partial charge in [-0.2, -0.15) is 0 Å². The number of methoxy groups -OCH3 is 1. The van der Waals surface area contributed by atoms with Gasteiger partial charge in [0.15, 0.2) is 0 Å². The van der Waals surface area contributed by atoms with Crippen LogP contribution in [0.2, 0.25) is 0 Å². The van der Waals surface area contributed by atoms with E-state index in [9.17, 15) is 0 Å². The number of nitrogens with zero attached hydrogens (tertiary/aromatic N) is 3. The van der Waals surface area contributed by atoms with Gasteiger partial charge in [0.1, 0.15) is 11.6 Å². The van der Waals surface area contributed by atoms with E-state index in [0.29, 0.717) is 0 Å². The molecule has 4 rings (SSSR count). The monoisotopic (exact) mass is 419 g/mol. The Morgan fingerprint density at radius 1 is 0.929 bits per heavy atom. The minimum Gasteiger partial charge on any atom is -0.497 e. The Balaban J connectivity index is 0.00000140. The molecule has 2 aromatic carbocycles. The number of aliphatic imine (C=N–C) groups is 1. The number of halogens is 2. The lowest BCUT2D eigenvalue weighted by atomic mass is 10.0. The Morgan fingerprint density at radius 2 is 1.64 bits per heavy atom. The van der Waals surface area contributed by atoms with Crippen LogP contribution in [-0.2, 0) is 6.42 Å². The highest BCUT2D eigenvalue weighted by atomic mass is 35.5. The van der Waals surface area contributed by atoms with Crippen LogP contribution in [0.25, 0.3) is 5.57 Å². The first-order valence-electron chi connectivity index (χ1n) is 9.19. The number of rotatable bonds is 2. The first kappa shape index (κ1) is 22.3. The first-order chi connectivity index (χ1) is 12.7. The molecular formula is C22H27Cl2N3O. The van der Waals surface area contributed by atoms with Crippen LogP contribution in [-0.4, -0.2) is 56.0 Å². The summed E-state index contributed by atoms with van der Waals surface area (Å²) in [5.74, 6) is 1.98. The van der Waals surface area contributed by atoms with Crippen LogP contribution >= 0.6 is 24.8 Å². The highest BCUT2D eigenvalue weighted by Gasteiger charge is 2.23. The summed E-state index contributed by atoms with van der Waals surface area (Å²) >= 11 is 0. The van der Waals surface area contributed by atoms with Gasteiger partial charge in [0.2, 0.25) is 0 Å². The second-order valence-corrected chi connectivity index (χ2v) is 6.91. The summed E-state index contributed by atoms with van der Waals surface area (Å²) in [5.41, 5.74) is 4.71. The van der Waals surface area contributed by atoms with Gasteiger partial charge in [0.05, 0.1) is 12.8 Å². The number of allylic oxidation sites excluding steroid dienone is 1. The van der Waals surface area contributed by atoms with Gasteiger partial charge in [0, 0.05) is 31.8 Å². The summed E-state index contributed by atoms with van der Waals surface area (Å²) in [6.45, 7) is 4.14. The molecule has 4 nitrogen and oxygen atoms in total. The summed E-state index contributed by atoms with van der Waals surface area (Å²) in [7, 11) is 3.89. The van der Waals surface area contributed by atoms with Crippen molar-refractivity contribution in [2.75, 3.05) is 40.3 Å². The Hall–Kier alpha value is -2.01. The van der Waals surface area contributed by atoms with Crippen molar-refractivity contribution < 1.29 is 4.74 Å². The molecule has 2 aliphatic heterocycles. The summed E-state index contributed by atoms with van der Waals surface area (Å²) < 4.78 is 5.40. The van der Waals surface area contributed by atoms with E-state index >= 15 is 0 Å². The third-order valence-corrected chi connectivity index (χ3v) is 5.17. The Kier molecular flexibility index (Phi) is 7.93. The fourth-order valence-electron chi connectivity index (χ4n) is 3.56. The topological polar surface area (TPSA) is 28.1 Å². The molecule has 0 atom stereocenters. The van der Waals surface area contributed by atoms with E-state index in [1.54, 1.807) is 7.11 Å². The molecule has 0 radical (unpaired) electrons. The van der Waals surface area contributed by atoms with Crippen LogP contribution < -0.4 is 4.74 Å². The Morgan fingerprint density at radius 3 is 2.32 bits per heavy atom. The average molecular weight is 420 g/mol. The molecule has 1 fully saturated rings. The average Bonchev–Trinajstić information content (AvgIpc) is 2.88. The van der Waals surface area contributed by atoms with Gasteiger partial charge in [-0.3, -0.25) is 0 Å². The van der Waals surface area contributed by atoms with E-state index in [1.165, 1.54) is 16.7 Å². The van der Waals surface area contributed by atoms with E-state index in [1.807, 2.05) is 6.07 Å². The van der Waals surface area contributed by atoms with Gasteiger partial charge < -0.3 is 14.5 Å². The number of ether oxygens (including phenoxy) is 1. The molecule has 2 aliphatic rings. The van der Waals surface area contributed by atoms with Gasteiger partial charge in [-0.1, -0.05) is 36.4 Å². The minimum atomic E-state index is 0. The summed E-state index contributed by atoms with van der Waals surface area (Å²) in [6.07, 6.45) is 3.18. The minimum absolute atomic E-state index is 0. The summed E-state index contributed by atoms with van der Waals surface area (Å²) in [5, 5.41) is 0. The quantitative estimate of drug-likeness (QED) is 0.719. The zero-order valence-corrected chi connectivity index (χ0v) is 17.9. The molecule has 0 aliphatic carbocycles. The van der Waals surface area contributed by atoms with E-state index in [4.69, 9.17) is 9.73 Å². The third kappa shape index (κ3) is 4.69. The van der Waals surface area contributed by atoms with Crippen LogP contribution in [0.15, 0.2) is 59.6 Å². The smallest absolute Gasteiger partial charge is 0.136 e. The molecule has 0 unspecified atom stereocenters. The van der Waals surface area contributed by atoms with Crippen molar-refractivity contribution in [3.8, 4) is 5.75 Å². The molecule has 2 heterocycles. The number of fused-ring (bicyclic) bond motifs is 1. The number of benzene rings is 2. The van der Waals surface area contributed by atoms with Crippen LogP contribution in [0.3, 0.4) is 0 Å². The molecule has 0 amide bonds. The highest BCUT2D eigenvalue weighted by Crippen LogP contribution is 2.32. The molecule has 0 aromatic heterocycles. The summed E-state index contributed by atoms with van der Waals surface area (Å²) in [4.78, 5) is 9.92. The maximum Gasteiger partial charge on any atom is 0.136 e. The standard InChI is InChI=1S/C22H25N3O.2ClH/c1-24-12-14-25(15-13-24)22-20(17-6-4-3-5-7-17)10-8-18-16-19(26-2)9-11-21(18)23-22;;/h3-7,9-11,16H,8,12-15H2,1-2H3;2*1H. The SMILES string of the molecule is COc1ccc2c(c1)CC=C(c1ccccc1)C(N1CCN(C)CC1)=N2.Cl.Cl. The molecule has 2 aromatic rings.